The first kappa shape index (κ1) is 15.8. The molecule has 1 saturated carbocycles. The van der Waals surface area contributed by atoms with Crippen LogP contribution in [0.3, 0.4) is 0 Å². The fourth-order valence-electron chi connectivity index (χ4n) is 3.09. The van der Waals surface area contributed by atoms with Crippen LogP contribution in [0.4, 0.5) is 11.4 Å². The Labute approximate surface area is 127 Å². The fourth-order valence-corrected chi connectivity index (χ4v) is 3.09. The first-order valence-electron chi connectivity index (χ1n) is 8.00. The van der Waals surface area contributed by atoms with Gasteiger partial charge in [0.2, 0.25) is 5.91 Å². The van der Waals surface area contributed by atoms with Crippen LogP contribution in [0.2, 0.25) is 0 Å². The summed E-state index contributed by atoms with van der Waals surface area (Å²) in [5, 5.41) is 2.99. The Morgan fingerprint density at radius 2 is 2.05 bits per heavy atom. The van der Waals surface area contributed by atoms with Crippen LogP contribution >= 0.6 is 0 Å². The molecule has 0 radical (unpaired) electrons. The number of amides is 1. The Morgan fingerprint density at radius 1 is 1.33 bits per heavy atom. The van der Waals surface area contributed by atoms with Crippen molar-refractivity contribution in [2.45, 2.75) is 52.0 Å². The van der Waals surface area contributed by atoms with E-state index in [1.165, 1.54) is 32.1 Å². The molecule has 116 valence electrons. The number of carbonyl (C=O) groups excluding carboxylic acids is 1. The second-order valence-electron chi connectivity index (χ2n) is 5.98. The molecule has 1 aromatic rings. The number of rotatable bonds is 5. The first-order valence-corrected chi connectivity index (χ1v) is 8.00. The minimum Gasteiger partial charge on any atom is -0.399 e. The molecule has 0 bridgehead atoms. The normalized spacial score (nSPS) is 16.1. The van der Waals surface area contributed by atoms with Crippen LogP contribution in [-0.4, -0.2) is 29.9 Å². The molecule has 0 spiro atoms. The molecule has 0 atom stereocenters. The maximum atomic E-state index is 12.3. The van der Waals surface area contributed by atoms with E-state index in [2.05, 4.69) is 17.1 Å². The molecule has 0 saturated heterocycles. The molecule has 1 aliphatic rings. The molecule has 0 unspecified atom stereocenters. The molecule has 3 N–H and O–H groups in total. The number of nitrogens with zero attached hydrogens (tertiary/aromatic N) is 1. The summed E-state index contributed by atoms with van der Waals surface area (Å²) in [4.78, 5) is 14.6. The summed E-state index contributed by atoms with van der Waals surface area (Å²) in [5.74, 6) is 0.0520. The maximum absolute atomic E-state index is 12.3. The molecule has 1 fully saturated rings. The van der Waals surface area contributed by atoms with Gasteiger partial charge in [0.25, 0.3) is 0 Å². The van der Waals surface area contributed by atoms with Crippen LogP contribution in [0.25, 0.3) is 0 Å². The van der Waals surface area contributed by atoms with Crippen LogP contribution in [-0.2, 0) is 4.79 Å². The van der Waals surface area contributed by atoms with Crippen molar-refractivity contribution in [2.75, 3.05) is 24.1 Å². The number of benzene rings is 1. The smallest absolute Gasteiger partial charge is 0.238 e. The summed E-state index contributed by atoms with van der Waals surface area (Å²) < 4.78 is 0. The summed E-state index contributed by atoms with van der Waals surface area (Å²) in [5.41, 5.74) is 8.32. The van der Waals surface area contributed by atoms with Crippen molar-refractivity contribution in [3.8, 4) is 0 Å². The third kappa shape index (κ3) is 4.46. The molecule has 4 nitrogen and oxygen atoms in total. The van der Waals surface area contributed by atoms with E-state index in [-0.39, 0.29) is 5.91 Å². The number of aryl methyl sites for hydroxylation is 1. The Balaban J connectivity index is 1.94. The van der Waals surface area contributed by atoms with Crippen molar-refractivity contribution < 1.29 is 4.79 Å². The van der Waals surface area contributed by atoms with E-state index in [9.17, 15) is 4.79 Å². The van der Waals surface area contributed by atoms with E-state index in [1.54, 1.807) is 0 Å². The first-order chi connectivity index (χ1) is 10.1. The second kappa shape index (κ2) is 7.46. The van der Waals surface area contributed by atoms with E-state index in [4.69, 9.17) is 5.73 Å². The Hall–Kier alpha value is -1.55. The molecule has 4 heteroatoms. The molecule has 0 aliphatic heterocycles. The molecular formula is C17H27N3O. The van der Waals surface area contributed by atoms with Gasteiger partial charge in [-0.25, -0.2) is 0 Å². The lowest BCUT2D eigenvalue weighted by molar-refractivity contribution is -0.118. The zero-order valence-corrected chi connectivity index (χ0v) is 13.2. The highest BCUT2D eigenvalue weighted by Gasteiger charge is 2.21. The van der Waals surface area contributed by atoms with E-state index >= 15 is 0 Å². The van der Waals surface area contributed by atoms with Crippen molar-refractivity contribution >= 4 is 17.3 Å². The number of hydrogen-bond acceptors (Lipinski definition) is 3. The van der Waals surface area contributed by atoms with Gasteiger partial charge in [-0.3, -0.25) is 9.69 Å². The summed E-state index contributed by atoms with van der Waals surface area (Å²) in [6, 6.07) is 6.18. The van der Waals surface area contributed by atoms with Gasteiger partial charge in [-0.05, 0) is 44.0 Å². The number of nitrogens with one attached hydrogen (secondary N) is 1. The molecule has 0 aromatic heterocycles. The van der Waals surface area contributed by atoms with Gasteiger partial charge in [0.1, 0.15) is 0 Å². The lowest BCUT2D eigenvalue weighted by Crippen LogP contribution is -2.41. The summed E-state index contributed by atoms with van der Waals surface area (Å²) in [7, 11) is 0. The molecule has 1 aromatic carbocycles. The van der Waals surface area contributed by atoms with E-state index in [1.807, 2.05) is 25.1 Å². The van der Waals surface area contributed by atoms with Crippen LogP contribution in [0.5, 0.6) is 0 Å². The van der Waals surface area contributed by atoms with Crippen molar-refractivity contribution in [3.05, 3.63) is 23.8 Å². The lowest BCUT2D eigenvalue weighted by atomic mass is 9.94. The summed E-state index contributed by atoms with van der Waals surface area (Å²) in [6.45, 7) is 5.50. The molecule has 1 aliphatic carbocycles. The Morgan fingerprint density at radius 3 is 2.71 bits per heavy atom. The van der Waals surface area contributed by atoms with Gasteiger partial charge in [0.15, 0.2) is 0 Å². The standard InChI is InChI=1S/C17H27N3O/c1-3-20(15-7-5-4-6-8-15)12-17(21)19-16-11-14(18)10-9-13(16)2/h9-11,15H,3-8,12,18H2,1-2H3,(H,19,21). The zero-order chi connectivity index (χ0) is 15.2. The average Bonchev–Trinajstić information content (AvgIpc) is 2.49. The van der Waals surface area contributed by atoms with Crippen molar-refractivity contribution in [1.82, 2.24) is 4.90 Å². The number of carbonyl (C=O) groups is 1. The predicted molar refractivity (Wildman–Crippen MR) is 88.3 cm³/mol. The quantitative estimate of drug-likeness (QED) is 0.819. The van der Waals surface area contributed by atoms with E-state index < -0.39 is 0 Å². The monoisotopic (exact) mass is 289 g/mol. The van der Waals surface area contributed by atoms with Gasteiger partial charge in [-0.2, -0.15) is 0 Å². The SMILES string of the molecule is CCN(CC(=O)Nc1cc(N)ccc1C)C1CCCCC1. The highest BCUT2D eigenvalue weighted by atomic mass is 16.2. The van der Waals surface area contributed by atoms with Gasteiger partial charge >= 0.3 is 0 Å². The molecule has 1 amide bonds. The minimum atomic E-state index is 0.0520. The number of nitrogen functional groups attached to an aromatic ring is 1. The minimum absolute atomic E-state index is 0.0520. The second-order valence-corrected chi connectivity index (χ2v) is 5.98. The third-order valence-electron chi connectivity index (χ3n) is 4.38. The number of anilines is 2. The highest BCUT2D eigenvalue weighted by molar-refractivity contribution is 5.93. The molecule has 0 heterocycles. The molecule has 2 rings (SSSR count). The molecule has 21 heavy (non-hydrogen) atoms. The third-order valence-corrected chi connectivity index (χ3v) is 4.38. The van der Waals surface area contributed by atoms with Crippen LogP contribution in [0, 0.1) is 6.92 Å². The van der Waals surface area contributed by atoms with Crippen LogP contribution in [0.15, 0.2) is 18.2 Å². The van der Waals surface area contributed by atoms with Gasteiger partial charge < -0.3 is 11.1 Å². The predicted octanol–water partition coefficient (Wildman–Crippen LogP) is 3.17. The van der Waals surface area contributed by atoms with Gasteiger partial charge in [0, 0.05) is 17.4 Å². The maximum Gasteiger partial charge on any atom is 0.238 e. The number of nitrogens with two attached hydrogens (primary N) is 1. The lowest BCUT2D eigenvalue weighted by Gasteiger charge is -2.33. The van der Waals surface area contributed by atoms with Crippen LogP contribution in [0.1, 0.15) is 44.6 Å². The Bertz CT molecular complexity index is 481. The average molecular weight is 289 g/mol. The molecular weight excluding hydrogens is 262 g/mol. The fraction of sp³-hybridized carbons (Fsp3) is 0.588. The topological polar surface area (TPSA) is 58.4 Å². The highest BCUT2D eigenvalue weighted by Crippen LogP contribution is 2.23. The number of hydrogen-bond donors (Lipinski definition) is 2. The Kier molecular flexibility index (Phi) is 5.62. The van der Waals surface area contributed by atoms with Crippen LogP contribution < -0.4 is 11.1 Å². The van der Waals surface area contributed by atoms with Gasteiger partial charge in [-0.1, -0.05) is 32.3 Å². The van der Waals surface area contributed by atoms with Crippen molar-refractivity contribution in [3.63, 3.8) is 0 Å². The zero-order valence-electron chi connectivity index (χ0n) is 13.2. The summed E-state index contributed by atoms with van der Waals surface area (Å²) in [6.07, 6.45) is 6.35. The van der Waals surface area contributed by atoms with Gasteiger partial charge in [0.05, 0.1) is 6.54 Å². The van der Waals surface area contributed by atoms with Crippen molar-refractivity contribution in [2.24, 2.45) is 0 Å². The van der Waals surface area contributed by atoms with Crippen molar-refractivity contribution in [1.29, 1.82) is 0 Å². The van der Waals surface area contributed by atoms with Gasteiger partial charge in [-0.15, -0.1) is 0 Å². The largest absolute Gasteiger partial charge is 0.399 e. The van der Waals surface area contributed by atoms with E-state index in [0.29, 0.717) is 18.3 Å². The van der Waals surface area contributed by atoms with E-state index in [0.717, 1.165) is 17.8 Å². The summed E-state index contributed by atoms with van der Waals surface area (Å²) >= 11 is 0. The number of likely N-dealkylation sites (N-methyl/N-ethyl adjacent to an activating group) is 1.